The summed E-state index contributed by atoms with van der Waals surface area (Å²) in [6, 6.07) is 9.18. The number of hydrogen-bond acceptors (Lipinski definition) is 4. The van der Waals surface area contributed by atoms with Gasteiger partial charge in [0.25, 0.3) is 5.56 Å². The van der Waals surface area contributed by atoms with Crippen LogP contribution in [0.3, 0.4) is 0 Å². The molecule has 0 unspecified atom stereocenters. The monoisotopic (exact) mass is 359 g/mol. The van der Waals surface area contributed by atoms with Crippen LogP contribution in [0.25, 0.3) is 10.9 Å². The predicted molar refractivity (Wildman–Crippen MR) is 99.6 cm³/mol. The summed E-state index contributed by atoms with van der Waals surface area (Å²) < 4.78 is 1.75. The fraction of sp³-hybridized carbons (Fsp3) is 0.278. The van der Waals surface area contributed by atoms with Crippen LogP contribution in [0.1, 0.15) is 19.4 Å². The van der Waals surface area contributed by atoms with E-state index in [2.05, 4.69) is 18.8 Å². The Morgan fingerprint density at radius 1 is 1.29 bits per heavy atom. The van der Waals surface area contributed by atoms with E-state index in [4.69, 9.17) is 16.6 Å². The van der Waals surface area contributed by atoms with Gasteiger partial charge in [0.1, 0.15) is 0 Å². The van der Waals surface area contributed by atoms with Crippen molar-refractivity contribution in [3.8, 4) is 0 Å². The molecule has 0 saturated carbocycles. The molecule has 0 radical (unpaired) electrons. The molecule has 24 heavy (non-hydrogen) atoms. The van der Waals surface area contributed by atoms with Gasteiger partial charge in [-0.15, -0.1) is 0 Å². The van der Waals surface area contributed by atoms with E-state index in [9.17, 15) is 4.79 Å². The van der Waals surface area contributed by atoms with E-state index in [0.717, 1.165) is 16.5 Å². The average molecular weight is 360 g/mol. The Bertz CT molecular complexity index is 909. The van der Waals surface area contributed by atoms with Crippen molar-refractivity contribution in [2.75, 3.05) is 0 Å². The fourth-order valence-corrected chi connectivity index (χ4v) is 3.56. The lowest BCUT2D eigenvalue weighted by atomic mass is 10.2. The first-order valence-electron chi connectivity index (χ1n) is 7.76. The van der Waals surface area contributed by atoms with Gasteiger partial charge in [0.2, 0.25) is 0 Å². The number of thioether (sulfide) groups is 1. The van der Waals surface area contributed by atoms with Crippen LogP contribution in [-0.4, -0.2) is 14.5 Å². The van der Waals surface area contributed by atoms with Gasteiger partial charge in [-0.3, -0.25) is 14.3 Å². The molecule has 0 N–H and O–H groups in total. The van der Waals surface area contributed by atoms with Crippen LogP contribution in [0.5, 0.6) is 0 Å². The van der Waals surface area contributed by atoms with E-state index in [-0.39, 0.29) is 5.56 Å². The molecule has 2 aromatic heterocycles. The molecule has 0 spiro atoms. The minimum atomic E-state index is -0.0371. The predicted octanol–water partition coefficient (Wildman–Crippen LogP) is 4.39. The number of benzene rings is 1. The van der Waals surface area contributed by atoms with Gasteiger partial charge in [0.15, 0.2) is 5.16 Å². The Morgan fingerprint density at radius 2 is 2.12 bits per heavy atom. The quantitative estimate of drug-likeness (QED) is 0.500. The Labute approximate surface area is 149 Å². The van der Waals surface area contributed by atoms with Crippen LogP contribution in [-0.2, 0) is 12.3 Å². The summed E-state index contributed by atoms with van der Waals surface area (Å²) in [5, 5.41) is 1.84. The SMILES string of the molecule is CC(C)Cn1c(SCc2cccnc2)nc2ccc(Cl)cc2c1=O. The maximum Gasteiger partial charge on any atom is 0.262 e. The molecule has 0 fully saturated rings. The fourth-order valence-electron chi connectivity index (χ4n) is 2.44. The molecule has 0 aliphatic carbocycles. The summed E-state index contributed by atoms with van der Waals surface area (Å²) in [5.41, 5.74) is 1.74. The Kier molecular flexibility index (Phi) is 5.21. The highest BCUT2D eigenvalue weighted by molar-refractivity contribution is 7.98. The number of rotatable bonds is 5. The number of hydrogen-bond donors (Lipinski definition) is 0. The molecular weight excluding hydrogens is 342 g/mol. The molecule has 6 heteroatoms. The molecule has 0 bridgehead atoms. The van der Waals surface area contributed by atoms with Crippen LogP contribution < -0.4 is 5.56 Å². The van der Waals surface area contributed by atoms with E-state index in [1.807, 2.05) is 18.3 Å². The molecule has 3 aromatic rings. The molecule has 0 saturated heterocycles. The standard InChI is InChI=1S/C18H18ClN3OS/c1-12(2)10-22-17(23)15-8-14(19)5-6-16(15)21-18(22)24-11-13-4-3-7-20-9-13/h3-9,12H,10-11H2,1-2H3. The molecule has 0 amide bonds. The van der Waals surface area contributed by atoms with Gasteiger partial charge < -0.3 is 0 Å². The summed E-state index contributed by atoms with van der Waals surface area (Å²) >= 11 is 7.60. The molecule has 0 aliphatic rings. The third kappa shape index (κ3) is 3.79. The van der Waals surface area contributed by atoms with E-state index < -0.39 is 0 Å². The largest absolute Gasteiger partial charge is 0.287 e. The maximum absolute atomic E-state index is 12.9. The van der Waals surface area contributed by atoms with Gasteiger partial charge in [0.05, 0.1) is 10.9 Å². The van der Waals surface area contributed by atoms with Crippen LogP contribution in [0.15, 0.2) is 52.7 Å². The molecule has 0 aliphatic heterocycles. The summed E-state index contributed by atoms with van der Waals surface area (Å²) in [6.45, 7) is 4.80. The average Bonchev–Trinajstić information content (AvgIpc) is 2.57. The molecule has 0 atom stereocenters. The third-order valence-electron chi connectivity index (χ3n) is 3.52. The lowest BCUT2D eigenvalue weighted by Gasteiger charge is -2.15. The lowest BCUT2D eigenvalue weighted by molar-refractivity contribution is 0.475. The second-order valence-electron chi connectivity index (χ2n) is 6.02. The Morgan fingerprint density at radius 3 is 2.83 bits per heavy atom. The Hall–Kier alpha value is -1.85. The minimum Gasteiger partial charge on any atom is -0.287 e. The number of fused-ring (bicyclic) bond motifs is 1. The zero-order valence-electron chi connectivity index (χ0n) is 13.6. The van der Waals surface area contributed by atoms with Crippen molar-refractivity contribution in [1.82, 2.24) is 14.5 Å². The van der Waals surface area contributed by atoms with Gasteiger partial charge in [-0.1, -0.05) is 43.3 Å². The summed E-state index contributed by atoms with van der Waals surface area (Å²) in [7, 11) is 0. The van der Waals surface area contributed by atoms with Crippen LogP contribution in [0, 0.1) is 5.92 Å². The highest BCUT2D eigenvalue weighted by Gasteiger charge is 2.13. The van der Waals surface area contributed by atoms with E-state index in [1.165, 1.54) is 0 Å². The molecule has 3 rings (SSSR count). The molecule has 124 valence electrons. The zero-order chi connectivity index (χ0) is 17.1. The Balaban J connectivity index is 2.04. The lowest BCUT2D eigenvalue weighted by Crippen LogP contribution is -2.25. The van der Waals surface area contributed by atoms with Crippen molar-refractivity contribution in [2.45, 2.75) is 31.3 Å². The van der Waals surface area contributed by atoms with Crippen LogP contribution in [0.2, 0.25) is 5.02 Å². The summed E-state index contributed by atoms with van der Waals surface area (Å²) in [5.74, 6) is 1.07. The van der Waals surface area contributed by atoms with Gasteiger partial charge in [0, 0.05) is 29.7 Å². The first-order valence-corrected chi connectivity index (χ1v) is 9.13. The molecule has 4 nitrogen and oxygen atoms in total. The number of pyridine rings is 1. The normalized spacial score (nSPS) is 11.3. The van der Waals surface area contributed by atoms with Crippen molar-refractivity contribution in [3.63, 3.8) is 0 Å². The van der Waals surface area contributed by atoms with Gasteiger partial charge in [-0.25, -0.2) is 4.98 Å². The van der Waals surface area contributed by atoms with Crippen molar-refractivity contribution >= 4 is 34.3 Å². The first-order chi connectivity index (χ1) is 11.5. The van der Waals surface area contributed by atoms with E-state index in [1.54, 1.807) is 40.7 Å². The van der Waals surface area contributed by atoms with Crippen LogP contribution >= 0.6 is 23.4 Å². The number of nitrogens with zero attached hydrogens (tertiary/aromatic N) is 3. The zero-order valence-corrected chi connectivity index (χ0v) is 15.1. The topological polar surface area (TPSA) is 47.8 Å². The molecule has 1 aromatic carbocycles. The number of aromatic nitrogens is 3. The van der Waals surface area contributed by atoms with Crippen LogP contribution in [0.4, 0.5) is 0 Å². The smallest absolute Gasteiger partial charge is 0.262 e. The van der Waals surface area contributed by atoms with E-state index >= 15 is 0 Å². The molecule has 2 heterocycles. The van der Waals surface area contributed by atoms with Gasteiger partial charge in [-0.2, -0.15) is 0 Å². The third-order valence-corrected chi connectivity index (χ3v) is 4.80. The number of halogens is 1. The summed E-state index contributed by atoms with van der Waals surface area (Å²) in [6.07, 6.45) is 3.58. The van der Waals surface area contributed by atoms with Crippen molar-refractivity contribution in [3.05, 3.63) is 63.7 Å². The maximum atomic E-state index is 12.9. The highest BCUT2D eigenvalue weighted by Crippen LogP contribution is 2.23. The highest BCUT2D eigenvalue weighted by atomic mass is 35.5. The summed E-state index contributed by atoms with van der Waals surface area (Å²) in [4.78, 5) is 21.7. The van der Waals surface area contributed by atoms with E-state index in [0.29, 0.717) is 28.4 Å². The second-order valence-corrected chi connectivity index (χ2v) is 7.39. The second kappa shape index (κ2) is 7.36. The molecular formula is C18H18ClN3OS. The van der Waals surface area contributed by atoms with Crippen molar-refractivity contribution < 1.29 is 0 Å². The van der Waals surface area contributed by atoms with Gasteiger partial charge >= 0.3 is 0 Å². The van der Waals surface area contributed by atoms with Crippen molar-refractivity contribution in [2.24, 2.45) is 5.92 Å². The minimum absolute atomic E-state index is 0.0371. The van der Waals surface area contributed by atoms with Crippen molar-refractivity contribution in [1.29, 1.82) is 0 Å². The van der Waals surface area contributed by atoms with Gasteiger partial charge in [-0.05, 0) is 35.7 Å². The first kappa shape index (κ1) is 17.0.